The number of carbonyl (C=O) groups excluding carboxylic acids is 1. The Hall–Kier alpha value is -2.43. The van der Waals surface area contributed by atoms with E-state index in [4.69, 9.17) is 0 Å². The van der Waals surface area contributed by atoms with Gasteiger partial charge in [0.2, 0.25) is 5.91 Å². The van der Waals surface area contributed by atoms with E-state index in [9.17, 15) is 9.59 Å². The molecule has 0 saturated heterocycles. The number of rotatable bonds is 5. The number of hydrogen-bond donors (Lipinski definition) is 1. The van der Waals surface area contributed by atoms with Crippen LogP contribution in [0, 0.1) is 0 Å². The van der Waals surface area contributed by atoms with Crippen molar-refractivity contribution in [2.24, 2.45) is 0 Å². The maximum Gasteiger partial charge on any atom is 0.267 e. The summed E-state index contributed by atoms with van der Waals surface area (Å²) in [5.41, 5.74) is 1.32. The average molecular weight is 271 g/mol. The zero-order chi connectivity index (χ0) is 14.4. The normalized spacial score (nSPS) is 10.2. The predicted octanol–water partition coefficient (Wildman–Crippen LogP) is 1.01. The Labute approximate surface area is 117 Å². The van der Waals surface area contributed by atoms with Crippen molar-refractivity contribution in [1.29, 1.82) is 0 Å². The van der Waals surface area contributed by atoms with Crippen molar-refractivity contribution >= 4 is 5.91 Å². The van der Waals surface area contributed by atoms with Crippen LogP contribution in [0.3, 0.4) is 0 Å². The van der Waals surface area contributed by atoms with E-state index in [0.717, 1.165) is 6.42 Å². The van der Waals surface area contributed by atoms with Gasteiger partial charge in [-0.05, 0) is 18.1 Å². The van der Waals surface area contributed by atoms with E-state index in [1.54, 1.807) is 18.0 Å². The molecule has 0 aliphatic carbocycles. The van der Waals surface area contributed by atoms with E-state index < -0.39 is 0 Å². The molecule has 5 nitrogen and oxygen atoms in total. The van der Waals surface area contributed by atoms with Gasteiger partial charge in [0.1, 0.15) is 0 Å². The van der Waals surface area contributed by atoms with Crippen LogP contribution in [0.1, 0.15) is 11.1 Å². The van der Waals surface area contributed by atoms with Crippen molar-refractivity contribution < 1.29 is 4.79 Å². The van der Waals surface area contributed by atoms with E-state index in [1.807, 2.05) is 30.3 Å². The molecule has 0 saturated carbocycles. The van der Waals surface area contributed by atoms with Gasteiger partial charge in [0.15, 0.2) is 0 Å². The Morgan fingerprint density at radius 1 is 1.25 bits per heavy atom. The third-order valence-electron chi connectivity index (χ3n) is 3.15. The summed E-state index contributed by atoms with van der Waals surface area (Å²) in [6.07, 6.45) is 2.38. The molecular formula is C15H17N3O2. The highest BCUT2D eigenvalue weighted by molar-refractivity contribution is 5.78. The van der Waals surface area contributed by atoms with E-state index >= 15 is 0 Å². The Kier molecular flexibility index (Phi) is 4.65. The summed E-state index contributed by atoms with van der Waals surface area (Å²) >= 11 is 0. The van der Waals surface area contributed by atoms with Gasteiger partial charge in [-0.2, -0.15) is 5.10 Å². The summed E-state index contributed by atoms with van der Waals surface area (Å²) in [5, 5.41) is 5.94. The van der Waals surface area contributed by atoms with Gasteiger partial charge in [0.25, 0.3) is 5.56 Å². The van der Waals surface area contributed by atoms with Gasteiger partial charge < -0.3 is 4.90 Å². The highest BCUT2D eigenvalue weighted by atomic mass is 16.2. The van der Waals surface area contributed by atoms with E-state index in [1.165, 1.54) is 11.8 Å². The molecule has 1 aromatic heterocycles. The second-order valence-electron chi connectivity index (χ2n) is 4.64. The fraction of sp³-hybridized carbons (Fsp3) is 0.267. The number of benzene rings is 1. The number of hydrogen-bond acceptors (Lipinski definition) is 3. The van der Waals surface area contributed by atoms with Crippen molar-refractivity contribution in [3.05, 3.63) is 64.1 Å². The summed E-state index contributed by atoms with van der Waals surface area (Å²) in [7, 11) is 1.75. The fourth-order valence-corrected chi connectivity index (χ4v) is 1.87. The largest absolute Gasteiger partial charge is 0.345 e. The van der Waals surface area contributed by atoms with Crippen LogP contribution < -0.4 is 5.56 Å². The topological polar surface area (TPSA) is 66.1 Å². The van der Waals surface area contributed by atoms with Crippen LogP contribution in [-0.2, 0) is 17.6 Å². The monoisotopic (exact) mass is 271 g/mol. The smallest absolute Gasteiger partial charge is 0.267 e. The summed E-state index contributed by atoms with van der Waals surface area (Å²) in [5.74, 6) is -0.0716. The molecule has 5 heteroatoms. The first-order valence-electron chi connectivity index (χ1n) is 6.47. The Bertz CT molecular complexity index is 622. The van der Waals surface area contributed by atoms with Crippen LogP contribution in [0.25, 0.3) is 0 Å². The molecule has 1 amide bonds. The lowest BCUT2D eigenvalue weighted by atomic mass is 10.1. The molecule has 20 heavy (non-hydrogen) atoms. The number of nitrogens with zero attached hydrogens (tertiary/aromatic N) is 2. The lowest BCUT2D eigenvalue weighted by molar-refractivity contribution is -0.129. The van der Waals surface area contributed by atoms with Gasteiger partial charge in [-0.25, -0.2) is 5.10 Å². The molecule has 2 aromatic rings. The van der Waals surface area contributed by atoms with E-state index in [2.05, 4.69) is 10.2 Å². The minimum atomic E-state index is -0.308. The predicted molar refractivity (Wildman–Crippen MR) is 76.3 cm³/mol. The van der Waals surface area contributed by atoms with Crippen molar-refractivity contribution in [2.45, 2.75) is 12.8 Å². The second kappa shape index (κ2) is 6.65. The number of likely N-dealkylation sites (N-methyl/N-ethyl adjacent to an activating group) is 1. The van der Waals surface area contributed by atoms with Gasteiger partial charge in [0, 0.05) is 25.4 Å². The molecule has 0 unspecified atom stereocenters. The van der Waals surface area contributed by atoms with E-state index in [-0.39, 0.29) is 17.9 Å². The molecular weight excluding hydrogens is 254 g/mol. The number of aromatic nitrogens is 2. The number of carbonyl (C=O) groups is 1. The third kappa shape index (κ3) is 3.78. The average Bonchev–Trinajstić information content (AvgIpc) is 2.48. The summed E-state index contributed by atoms with van der Waals surface area (Å²) < 4.78 is 0. The highest BCUT2D eigenvalue weighted by Crippen LogP contribution is 2.02. The summed E-state index contributed by atoms with van der Waals surface area (Å²) in [6, 6.07) is 11.6. The first kappa shape index (κ1) is 14.0. The zero-order valence-electron chi connectivity index (χ0n) is 11.4. The van der Waals surface area contributed by atoms with Crippen LogP contribution in [0.15, 0.2) is 47.4 Å². The standard InChI is InChI=1S/C15H17N3O2/c1-18(10-8-12-5-3-2-4-6-12)14(19)11-13-7-9-16-17-15(13)20/h2-7,9H,8,10-11H2,1H3,(H,17,20). The quantitative estimate of drug-likeness (QED) is 0.882. The molecule has 0 aliphatic heterocycles. The SMILES string of the molecule is CN(CCc1ccccc1)C(=O)Cc1ccn[nH]c1=O. The molecule has 104 valence electrons. The molecule has 0 aliphatic rings. The number of aromatic amines is 1. The molecule has 0 atom stereocenters. The zero-order valence-corrected chi connectivity index (χ0v) is 11.4. The summed E-state index contributed by atoms with van der Waals surface area (Å²) in [4.78, 5) is 25.2. The van der Waals surface area contributed by atoms with Gasteiger partial charge in [0.05, 0.1) is 6.42 Å². The maximum atomic E-state index is 12.0. The molecule has 0 fully saturated rings. The van der Waals surface area contributed by atoms with Crippen LogP contribution in [0.5, 0.6) is 0 Å². The molecule has 0 radical (unpaired) electrons. The van der Waals surface area contributed by atoms with Gasteiger partial charge >= 0.3 is 0 Å². The van der Waals surface area contributed by atoms with Crippen LogP contribution in [0.4, 0.5) is 0 Å². The van der Waals surface area contributed by atoms with Crippen LogP contribution in [-0.4, -0.2) is 34.6 Å². The molecule has 1 heterocycles. The molecule has 2 rings (SSSR count). The molecule has 0 bridgehead atoms. The second-order valence-corrected chi connectivity index (χ2v) is 4.64. The molecule has 0 spiro atoms. The van der Waals surface area contributed by atoms with Crippen molar-refractivity contribution in [2.75, 3.05) is 13.6 Å². The maximum absolute atomic E-state index is 12.0. The Balaban J connectivity index is 1.89. The van der Waals surface area contributed by atoms with Crippen molar-refractivity contribution in [1.82, 2.24) is 15.1 Å². The Morgan fingerprint density at radius 3 is 2.70 bits per heavy atom. The van der Waals surface area contributed by atoms with Gasteiger partial charge in [-0.3, -0.25) is 9.59 Å². The van der Waals surface area contributed by atoms with Crippen molar-refractivity contribution in [3.63, 3.8) is 0 Å². The fourth-order valence-electron chi connectivity index (χ4n) is 1.87. The third-order valence-corrected chi connectivity index (χ3v) is 3.15. The minimum absolute atomic E-state index is 0.0716. The molecule has 1 aromatic carbocycles. The highest BCUT2D eigenvalue weighted by Gasteiger charge is 2.11. The van der Waals surface area contributed by atoms with Crippen molar-refractivity contribution in [3.8, 4) is 0 Å². The lowest BCUT2D eigenvalue weighted by Crippen LogP contribution is -2.32. The Morgan fingerprint density at radius 2 is 2.00 bits per heavy atom. The number of H-pyrrole nitrogens is 1. The first-order chi connectivity index (χ1) is 9.66. The lowest BCUT2D eigenvalue weighted by Gasteiger charge is -2.16. The van der Waals surface area contributed by atoms with Crippen LogP contribution >= 0.6 is 0 Å². The minimum Gasteiger partial charge on any atom is -0.345 e. The molecule has 1 N–H and O–H groups in total. The van der Waals surface area contributed by atoms with Gasteiger partial charge in [-0.1, -0.05) is 30.3 Å². The van der Waals surface area contributed by atoms with Gasteiger partial charge in [-0.15, -0.1) is 0 Å². The number of amides is 1. The number of nitrogens with one attached hydrogen (secondary N) is 1. The first-order valence-corrected chi connectivity index (χ1v) is 6.47. The van der Waals surface area contributed by atoms with E-state index in [0.29, 0.717) is 12.1 Å². The van der Waals surface area contributed by atoms with Crippen LogP contribution in [0.2, 0.25) is 0 Å². The summed E-state index contributed by atoms with van der Waals surface area (Å²) in [6.45, 7) is 0.631.